The molecule has 0 fully saturated rings. The summed E-state index contributed by atoms with van der Waals surface area (Å²) in [5, 5.41) is 2.78. The highest BCUT2D eigenvalue weighted by Crippen LogP contribution is 2.20. The number of para-hydroxylation sites is 2. The van der Waals surface area contributed by atoms with Gasteiger partial charge in [-0.2, -0.15) is 0 Å². The van der Waals surface area contributed by atoms with Crippen LogP contribution in [0, 0.1) is 12.7 Å². The molecule has 31 heavy (non-hydrogen) atoms. The summed E-state index contributed by atoms with van der Waals surface area (Å²) in [5.41, 5.74) is 0.986. The molecule has 3 aromatic rings. The van der Waals surface area contributed by atoms with Crippen LogP contribution >= 0.6 is 0 Å². The molecule has 0 spiro atoms. The van der Waals surface area contributed by atoms with E-state index in [1.165, 1.54) is 42.5 Å². The molecule has 6 nitrogen and oxygen atoms in total. The van der Waals surface area contributed by atoms with Crippen molar-refractivity contribution < 1.29 is 22.3 Å². The molecule has 162 valence electrons. The average Bonchev–Trinajstić information content (AvgIpc) is 2.75. The highest BCUT2D eigenvalue weighted by Gasteiger charge is 2.19. The van der Waals surface area contributed by atoms with Crippen molar-refractivity contribution in [2.45, 2.75) is 24.8 Å². The van der Waals surface area contributed by atoms with Gasteiger partial charge < -0.3 is 10.1 Å². The predicted octanol–water partition coefficient (Wildman–Crippen LogP) is 4.13. The van der Waals surface area contributed by atoms with E-state index >= 15 is 0 Å². The Balaban J connectivity index is 1.66. The van der Waals surface area contributed by atoms with Crippen LogP contribution in [0.15, 0.2) is 77.7 Å². The summed E-state index contributed by atoms with van der Waals surface area (Å²) in [6.45, 7) is 3.97. The molecule has 0 aromatic heterocycles. The number of ether oxygens (including phenoxy) is 1. The normalized spacial score (nSPS) is 12.1. The topological polar surface area (TPSA) is 84.5 Å². The number of nitrogens with one attached hydrogen (secondary N) is 2. The minimum absolute atomic E-state index is 0.146. The molecule has 0 aliphatic carbocycles. The molecule has 2 N–H and O–H groups in total. The minimum Gasteiger partial charge on any atom is -0.491 e. The minimum atomic E-state index is -4.07. The summed E-state index contributed by atoms with van der Waals surface area (Å²) in [6.07, 6.45) is 0. The van der Waals surface area contributed by atoms with Gasteiger partial charge in [-0.3, -0.25) is 9.52 Å². The van der Waals surface area contributed by atoms with Crippen LogP contribution in [-0.2, 0) is 10.0 Å². The van der Waals surface area contributed by atoms with Crippen LogP contribution in [0.5, 0.6) is 5.75 Å². The van der Waals surface area contributed by atoms with Gasteiger partial charge in [-0.25, -0.2) is 12.8 Å². The number of hydrogen-bond donors (Lipinski definition) is 2. The third-order valence-electron chi connectivity index (χ3n) is 4.48. The Hall–Kier alpha value is -3.39. The van der Waals surface area contributed by atoms with Crippen LogP contribution in [-0.4, -0.2) is 27.0 Å². The number of rotatable bonds is 8. The van der Waals surface area contributed by atoms with E-state index in [0.29, 0.717) is 0 Å². The zero-order chi connectivity index (χ0) is 22.4. The number of carbonyl (C=O) groups excluding carboxylic acids is 1. The lowest BCUT2D eigenvalue weighted by molar-refractivity contribution is 0.0926. The summed E-state index contributed by atoms with van der Waals surface area (Å²) in [5.74, 6) is -0.401. The molecule has 3 rings (SSSR count). The van der Waals surface area contributed by atoms with E-state index < -0.39 is 21.7 Å². The van der Waals surface area contributed by atoms with Crippen molar-refractivity contribution >= 4 is 21.6 Å². The number of carbonyl (C=O) groups is 1. The monoisotopic (exact) mass is 442 g/mol. The standard InChI is InChI=1S/C23H23FN2O4S/c1-16-8-3-6-13-22(16)30-15-17(2)25-23(27)18-9-7-10-19(14-18)31(28,29)26-21-12-5-4-11-20(21)24/h3-14,17,26H,15H2,1-2H3,(H,25,27). The zero-order valence-corrected chi connectivity index (χ0v) is 17.9. The number of hydrogen-bond acceptors (Lipinski definition) is 4. The lowest BCUT2D eigenvalue weighted by atomic mass is 10.2. The van der Waals surface area contributed by atoms with Crippen molar-refractivity contribution in [2.75, 3.05) is 11.3 Å². The molecule has 1 unspecified atom stereocenters. The maximum Gasteiger partial charge on any atom is 0.262 e. The van der Waals surface area contributed by atoms with Gasteiger partial charge in [0.2, 0.25) is 0 Å². The van der Waals surface area contributed by atoms with Crippen molar-refractivity contribution in [3.05, 3.63) is 89.7 Å². The van der Waals surface area contributed by atoms with Gasteiger partial charge in [0, 0.05) is 5.56 Å². The van der Waals surface area contributed by atoms with Crippen LogP contribution in [0.2, 0.25) is 0 Å². The van der Waals surface area contributed by atoms with Crippen molar-refractivity contribution in [3.63, 3.8) is 0 Å². The number of amides is 1. The molecule has 1 amide bonds. The van der Waals surface area contributed by atoms with Crippen molar-refractivity contribution in [1.82, 2.24) is 5.32 Å². The second-order valence-electron chi connectivity index (χ2n) is 7.06. The first-order chi connectivity index (χ1) is 14.8. The number of anilines is 1. The summed E-state index contributed by atoms with van der Waals surface area (Å²) in [7, 11) is -4.07. The third kappa shape index (κ3) is 5.82. The van der Waals surface area contributed by atoms with E-state index in [-0.39, 0.29) is 28.8 Å². The van der Waals surface area contributed by atoms with Crippen LogP contribution in [0.3, 0.4) is 0 Å². The number of sulfonamides is 1. The SMILES string of the molecule is Cc1ccccc1OCC(C)NC(=O)c1cccc(S(=O)(=O)Nc2ccccc2F)c1. The van der Waals surface area contributed by atoms with Gasteiger partial charge in [0.05, 0.1) is 16.6 Å². The molecule has 3 aromatic carbocycles. The van der Waals surface area contributed by atoms with Gasteiger partial charge >= 0.3 is 0 Å². The molecular formula is C23H23FN2O4S. The van der Waals surface area contributed by atoms with Gasteiger partial charge in [0.1, 0.15) is 18.2 Å². The van der Waals surface area contributed by atoms with Crippen LogP contribution in [0.25, 0.3) is 0 Å². The lowest BCUT2D eigenvalue weighted by Crippen LogP contribution is -2.36. The van der Waals surface area contributed by atoms with Crippen molar-refractivity contribution in [3.8, 4) is 5.75 Å². The summed E-state index contributed by atoms with van der Waals surface area (Å²) < 4.78 is 47.0. The first kappa shape index (κ1) is 22.3. The molecule has 1 atom stereocenters. The summed E-state index contributed by atoms with van der Waals surface area (Å²) in [6, 6.07) is 18.2. The van der Waals surface area contributed by atoms with E-state index in [0.717, 1.165) is 17.4 Å². The first-order valence-electron chi connectivity index (χ1n) is 9.63. The van der Waals surface area contributed by atoms with E-state index in [4.69, 9.17) is 4.74 Å². The summed E-state index contributed by atoms with van der Waals surface area (Å²) >= 11 is 0. The van der Waals surface area contributed by atoms with Gasteiger partial charge in [-0.1, -0.05) is 36.4 Å². The van der Waals surface area contributed by atoms with Crippen LogP contribution in [0.4, 0.5) is 10.1 Å². The van der Waals surface area contributed by atoms with E-state index in [1.54, 1.807) is 6.92 Å². The molecule has 0 saturated carbocycles. The smallest absolute Gasteiger partial charge is 0.262 e. The Bertz CT molecular complexity index is 1180. The second-order valence-corrected chi connectivity index (χ2v) is 8.75. The Morgan fingerprint density at radius 3 is 2.48 bits per heavy atom. The molecule has 0 saturated heterocycles. The Labute approximate surface area is 181 Å². The fourth-order valence-corrected chi connectivity index (χ4v) is 3.95. The molecule has 0 aliphatic heterocycles. The highest BCUT2D eigenvalue weighted by molar-refractivity contribution is 7.92. The predicted molar refractivity (Wildman–Crippen MR) is 117 cm³/mol. The van der Waals surface area contributed by atoms with Gasteiger partial charge in [0.25, 0.3) is 15.9 Å². The second kappa shape index (κ2) is 9.61. The van der Waals surface area contributed by atoms with Gasteiger partial charge in [-0.05, 0) is 55.8 Å². The summed E-state index contributed by atoms with van der Waals surface area (Å²) in [4.78, 5) is 12.4. The maximum atomic E-state index is 13.8. The Kier molecular flexibility index (Phi) is 6.91. The molecule has 0 bridgehead atoms. The van der Waals surface area contributed by atoms with E-state index in [9.17, 15) is 17.6 Å². The van der Waals surface area contributed by atoms with E-state index in [1.807, 2.05) is 31.2 Å². The quantitative estimate of drug-likeness (QED) is 0.549. The molecule has 0 heterocycles. The largest absolute Gasteiger partial charge is 0.491 e. The molecular weight excluding hydrogens is 419 g/mol. The van der Waals surface area contributed by atoms with Crippen LogP contribution in [0.1, 0.15) is 22.8 Å². The fourth-order valence-electron chi connectivity index (χ4n) is 2.83. The number of aryl methyl sites for hydroxylation is 1. The zero-order valence-electron chi connectivity index (χ0n) is 17.1. The van der Waals surface area contributed by atoms with E-state index in [2.05, 4.69) is 10.0 Å². The van der Waals surface area contributed by atoms with Gasteiger partial charge in [0.15, 0.2) is 0 Å². The average molecular weight is 443 g/mol. The number of benzene rings is 3. The molecule has 0 aliphatic rings. The van der Waals surface area contributed by atoms with Crippen LogP contribution < -0.4 is 14.8 Å². The van der Waals surface area contributed by atoms with Crippen molar-refractivity contribution in [2.24, 2.45) is 0 Å². The maximum absolute atomic E-state index is 13.8. The fraction of sp³-hybridized carbons (Fsp3) is 0.174. The van der Waals surface area contributed by atoms with Crippen molar-refractivity contribution in [1.29, 1.82) is 0 Å². The van der Waals surface area contributed by atoms with Gasteiger partial charge in [-0.15, -0.1) is 0 Å². The first-order valence-corrected chi connectivity index (χ1v) is 11.1. The Morgan fingerprint density at radius 1 is 1.03 bits per heavy atom. The Morgan fingerprint density at radius 2 is 1.74 bits per heavy atom. The lowest BCUT2D eigenvalue weighted by Gasteiger charge is -2.16. The number of halogens is 1. The molecule has 8 heteroatoms. The highest BCUT2D eigenvalue weighted by atomic mass is 32.2. The third-order valence-corrected chi connectivity index (χ3v) is 5.85. The molecule has 0 radical (unpaired) electrons.